The summed E-state index contributed by atoms with van der Waals surface area (Å²) >= 11 is 0. The Labute approximate surface area is 491 Å². The minimum absolute atomic E-state index is 0. The molecule has 0 aliphatic carbocycles. The number of hydrazine groups is 1. The van der Waals surface area contributed by atoms with Crippen LogP contribution in [0.15, 0.2) is 54.7 Å². The Morgan fingerprint density at radius 3 is 2.32 bits per heavy atom. The van der Waals surface area contributed by atoms with Gasteiger partial charge in [-0.05, 0) is 131 Å². The fourth-order valence-electron chi connectivity index (χ4n) is 11.3. The number of nitrogens with zero attached hydrogens (tertiary/aromatic N) is 6. The van der Waals surface area contributed by atoms with E-state index in [-0.39, 0.29) is 136 Å². The van der Waals surface area contributed by atoms with Crippen LogP contribution in [0.3, 0.4) is 0 Å². The normalized spacial score (nSPS) is 21.2. The average Bonchev–Trinajstić information content (AvgIpc) is 4.09. The lowest BCUT2D eigenvalue weighted by Gasteiger charge is -2.37. The molecule has 3 saturated heterocycles. The maximum absolute atomic E-state index is 14.8. The molecule has 6 atom stereocenters. The van der Waals surface area contributed by atoms with Gasteiger partial charge in [0.1, 0.15) is 23.9 Å². The molecule has 6 bridgehead atoms. The molecule has 2 aromatic heterocycles. The fourth-order valence-corrected chi connectivity index (χ4v) is 11.3. The summed E-state index contributed by atoms with van der Waals surface area (Å²) < 4.78 is 14.2. The summed E-state index contributed by atoms with van der Waals surface area (Å²) in [7, 11) is 5.25. The number of aryl methyl sites for hydroxylation is 1. The van der Waals surface area contributed by atoms with Gasteiger partial charge in [-0.25, -0.2) is 5.43 Å². The molecule has 3 N–H and O–H groups in total. The number of hydrogen-bond donors (Lipinski definition) is 3. The smallest absolute Gasteiger partial charge is 0.324 e. The molecule has 8 rings (SSSR count). The minimum Gasteiger partial charge on any atom is -0.508 e. The second-order valence-corrected chi connectivity index (χ2v) is 21.1. The monoisotopic (exact) mass is 1160 g/mol. The quantitative estimate of drug-likeness (QED) is 0.147. The van der Waals surface area contributed by atoms with Crippen LogP contribution in [0.25, 0.3) is 33.3 Å². The molecule has 0 spiro atoms. The van der Waals surface area contributed by atoms with Gasteiger partial charge in [0.15, 0.2) is 0 Å². The van der Waals surface area contributed by atoms with Crippen molar-refractivity contribution in [1.29, 1.82) is 0 Å². The van der Waals surface area contributed by atoms with E-state index in [1.54, 1.807) is 37.4 Å². The van der Waals surface area contributed by atoms with Crippen LogP contribution in [0.5, 0.6) is 5.75 Å². The number of amides is 4. The highest BCUT2D eigenvalue weighted by Gasteiger charge is 2.42. The predicted octanol–water partition coefficient (Wildman–Crippen LogP) is 6.55. The van der Waals surface area contributed by atoms with Crippen LogP contribution in [-0.2, 0) is 52.8 Å². The predicted molar refractivity (Wildman–Crippen MR) is 329 cm³/mol. The highest BCUT2D eigenvalue weighted by atomic mass is 32.1. The van der Waals surface area contributed by atoms with E-state index in [9.17, 15) is 29.1 Å². The number of ether oxygens (including phenoxy) is 2. The summed E-state index contributed by atoms with van der Waals surface area (Å²) in [6.07, 6.45) is 5.25. The Bertz CT molecular complexity index is 2660. The zero-order valence-corrected chi connectivity index (χ0v) is 51.4. The van der Waals surface area contributed by atoms with Gasteiger partial charge in [-0.3, -0.25) is 38.9 Å². The van der Waals surface area contributed by atoms with Crippen molar-refractivity contribution in [2.24, 2.45) is 17.3 Å². The number of carbonyl (C=O) groups is 5. The summed E-state index contributed by atoms with van der Waals surface area (Å²) in [5, 5.41) is 16.8. The summed E-state index contributed by atoms with van der Waals surface area (Å²) in [5.41, 5.74) is 9.59. The van der Waals surface area contributed by atoms with Crippen molar-refractivity contribution in [2.75, 3.05) is 54.0 Å². The van der Waals surface area contributed by atoms with Crippen LogP contribution in [0, 0.1) is 17.3 Å². The van der Waals surface area contributed by atoms with Gasteiger partial charge in [0.25, 0.3) is 5.91 Å². The van der Waals surface area contributed by atoms with E-state index >= 15 is 0 Å². The van der Waals surface area contributed by atoms with Gasteiger partial charge in [-0.15, -0.1) is 0 Å². The van der Waals surface area contributed by atoms with Gasteiger partial charge in [-0.1, -0.05) is 39.8 Å². The molecule has 4 amide bonds. The first-order valence-electron chi connectivity index (χ1n) is 25.2. The van der Waals surface area contributed by atoms with Crippen molar-refractivity contribution in [3.05, 3.63) is 71.5 Å². The molecule has 22 heteroatoms. The molecular formula is C54H84N8O8S6. The summed E-state index contributed by atoms with van der Waals surface area (Å²) in [4.78, 5) is 81.3. The standard InChI is InChI=1S/C54H72N8O8.6H2S/c1-10-61-44-18-17-35-28-40(44)41(48(61)39-14-11-20-55-46(39)33(4)69-9)29-54(5,6)31-70-53(68)42-15-12-22-62(57-42)51(66)43(26-34-24-37(35)27-38(63)25-34)56-49(64)47(32(2)3)59(8)50(65)36-19-23-60(30-36)52(67)45-16-13-21-58(45)7;;;;;;/h11,14,17-18,20,24-25,27-28,32-33,36,42-43,45,47,57,63H,10,12-13,15-16,19,21-23,26,29-31H2,1-9H3,(H,56,64);6*1H2/t33-,36-,42-,43-,45-,47-;;;;;;/m0....../s1. The molecule has 0 radical (unpaired) electrons. The number of aromatic hydroxyl groups is 1. The van der Waals surface area contributed by atoms with Crippen LogP contribution in [0.2, 0.25) is 0 Å². The van der Waals surface area contributed by atoms with Gasteiger partial charge in [0.05, 0.1) is 36.1 Å². The van der Waals surface area contributed by atoms with Crippen LogP contribution >= 0.6 is 81.0 Å². The van der Waals surface area contributed by atoms with E-state index in [1.165, 1.54) is 9.91 Å². The third-order valence-electron chi connectivity index (χ3n) is 15.0. The number of cyclic esters (lactones) is 1. The third kappa shape index (κ3) is 14.5. The van der Waals surface area contributed by atoms with E-state index in [0.29, 0.717) is 50.9 Å². The number of benzene rings is 2. The molecule has 0 unspecified atom stereocenters. The summed E-state index contributed by atoms with van der Waals surface area (Å²) in [5.74, 6) is -2.44. The molecule has 16 nitrogen and oxygen atoms in total. The van der Waals surface area contributed by atoms with Crippen LogP contribution < -0.4 is 10.7 Å². The van der Waals surface area contributed by atoms with Crippen molar-refractivity contribution < 1.29 is 38.6 Å². The number of phenols is 1. The van der Waals surface area contributed by atoms with Crippen LogP contribution in [-0.4, -0.2) is 142 Å². The van der Waals surface area contributed by atoms with E-state index < -0.39 is 47.2 Å². The Hall–Kier alpha value is -3.74. The van der Waals surface area contributed by atoms with Gasteiger partial charge < -0.3 is 34.3 Å². The van der Waals surface area contributed by atoms with E-state index in [4.69, 9.17) is 14.5 Å². The number of nitrogens with one attached hydrogen (secondary N) is 2. The Balaban J connectivity index is 0.00000329. The largest absolute Gasteiger partial charge is 0.508 e. The van der Waals surface area contributed by atoms with Crippen molar-refractivity contribution in [3.8, 4) is 28.1 Å². The number of methoxy groups -OCH3 is 1. The van der Waals surface area contributed by atoms with Crippen LogP contribution in [0.4, 0.5) is 0 Å². The SMILES string of the molecule is CCn1c(-c2cccnc2[C@H](C)OC)c2c3cc(ccc31)-c1cc(O)cc(c1)C[C@H](NC(=O)[C@H](C(C)C)N(C)C(=O)[C@H]1CCN(C(=O)[C@@H]3CCCN3C)C1)C(=O)N1CCC[C@H](N1)C(=O)OCC(C)(C)C2.S.S.S.S.S.S. The lowest BCUT2D eigenvalue weighted by atomic mass is 9.84. The van der Waals surface area contributed by atoms with E-state index in [2.05, 4.69) is 59.2 Å². The first kappa shape index (κ1) is 68.4. The Morgan fingerprint density at radius 2 is 1.66 bits per heavy atom. The number of likely N-dealkylation sites (tertiary alicyclic amines) is 2. The lowest BCUT2D eigenvalue weighted by molar-refractivity contribution is -0.155. The highest BCUT2D eigenvalue weighted by molar-refractivity contribution is 7.60. The first-order valence-corrected chi connectivity index (χ1v) is 25.2. The summed E-state index contributed by atoms with van der Waals surface area (Å²) in [6.45, 7) is 14.7. The third-order valence-corrected chi connectivity index (χ3v) is 15.0. The fraction of sp³-hybridized carbons (Fsp3) is 0.556. The number of rotatable bonds is 10. The maximum Gasteiger partial charge on any atom is 0.324 e. The van der Waals surface area contributed by atoms with Gasteiger partial charge in [0, 0.05) is 74.8 Å². The molecule has 3 fully saturated rings. The second kappa shape index (κ2) is 28.9. The summed E-state index contributed by atoms with van der Waals surface area (Å²) in [6, 6.07) is 12.4. The molecule has 4 aliphatic heterocycles. The van der Waals surface area contributed by atoms with E-state index in [0.717, 1.165) is 63.9 Å². The Kier molecular flexibility index (Phi) is 26.0. The van der Waals surface area contributed by atoms with E-state index in [1.807, 2.05) is 46.0 Å². The lowest BCUT2D eigenvalue weighted by Crippen LogP contribution is -2.62. The molecule has 424 valence electrons. The Morgan fingerprint density at radius 1 is 0.947 bits per heavy atom. The first-order chi connectivity index (χ1) is 33.4. The maximum atomic E-state index is 14.8. The average molecular weight is 1170 g/mol. The molecule has 4 aromatic rings. The number of carbonyl (C=O) groups excluding carboxylic acids is 5. The van der Waals surface area contributed by atoms with Gasteiger partial charge in [0.2, 0.25) is 17.7 Å². The second-order valence-electron chi connectivity index (χ2n) is 21.1. The number of esters is 1. The number of aromatic nitrogens is 2. The number of fused-ring (bicyclic) bond motifs is 6. The highest BCUT2D eigenvalue weighted by Crippen LogP contribution is 2.42. The molecule has 76 heavy (non-hydrogen) atoms. The molecule has 6 heterocycles. The number of likely N-dealkylation sites (N-methyl/N-ethyl adjacent to an activating group) is 2. The number of pyridine rings is 1. The number of phenolic OH excluding ortho intramolecular Hbond substituents is 1. The molecular weight excluding hydrogens is 1080 g/mol. The zero-order chi connectivity index (χ0) is 50.2. The van der Waals surface area contributed by atoms with Crippen molar-refractivity contribution >= 4 is 121 Å². The molecule has 2 aromatic carbocycles. The van der Waals surface area contributed by atoms with Crippen molar-refractivity contribution in [1.82, 2.24) is 40.0 Å². The van der Waals surface area contributed by atoms with Crippen LogP contribution in [0.1, 0.15) is 96.6 Å². The van der Waals surface area contributed by atoms with Crippen molar-refractivity contribution in [2.45, 2.75) is 123 Å². The topological polar surface area (TPSA) is 179 Å². The zero-order valence-electron chi connectivity index (χ0n) is 45.4. The van der Waals surface area contributed by atoms with Gasteiger partial charge in [-0.2, -0.15) is 81.0 Å². The number of hydrogen-bond acceptors (Lipinski definition) is 11. The molecule has 0 saturated carbocycles. The van der Waals surface area contributed by atoms with Gasteiger partial charge >= 0.3 is 5.97 Å². The van der Waals surface area contributed by atoms with Crippen molar-refractivity contribution in [3.63, 3.8) is 0 Å². The molecule has 4 aliphatic rings. The minimum atomic E-state index is -1.16.